The maximum atomic E-state index is 12.6. The quantitative estimate of drug-likeness (QED) is 0.417. The summed E-state index contributed by atoms with van der Waals surface area (Å²) in [6.45, 7) is 3.10. The summed E-state index contributed by atoms with van der Waals surface area (Å²) in [7, 11) is 0. The largest absolute Gasteiger partial charge is 0.277 e. The van der Waals surface area contributed by atoms with Crippen molar-refractivity contribution in [1.82, 2.24) is 19.3 Å². The van der Waals surface area contributed by atoms with Crippen molar-refractivity contribution < 1.29 is 0 Å². The van der Waals surface area contributed by atoms with Gasteiger partial charge in [0.1, 0.15) is 0 Å². The van der Waals surface area contributed by atoms with Gasteiger partial charge in [-0.05, 0) is 24.6 Å². The van der Waals surface area contributed by atoms with Crippen molar-refractivity contribution >= 4 is 23.1 Å². The first-order valence-corrected chi connectivity index (χ1v) is 9.09. The fourth-order valence-corrected chi connectivity index (χ4v) is 3.01. The van der Waals surface area contributed by atoms with Crippen LogP contribution in [0.2, 0.25) is 0 Å². The highest BCUT2D eigenvalue weighted by atomic mass is 16.1. The number of hydrazone groups is 1. The number of rotatable bonds is 6. The molecule has 140 valence electrons. The van der Waals surface area contributed by atoms with E-state index in [9.17, 15) is 4.79 Å². The number of anilines is 1. The fourth-order valence-electron chi connectivity index (χ4n) is 3.01. The molecular formula is C21H20N6O. The Kier molecular flexibility index (Phi) is 4.97. The minimum atomic E-state index is -0.0820. The van der Waals surface area contributed by atoms with Crippen LogP contribution in [0.1, 0.15) is 18.1 Å². The standard InChI is InChI=1S/C21H20N6O/c1-2-27-20(28)18-10-6-7-11-19(18)24-21(27)25-22-12-17-13-23-26(15-17)14-16-8-4-3-5-9-16/h3-13,15H,2,14H2,1H3,(H,24,25)/b22-12-. The molecule has 0 aliphatic rings. The summed E-state index contributed by atoms with van der Waals surface area (Å²) >= 11 is 0. The molecule has 2 aromatic heterocycles. The van der Waals surface area contributed by atoms with Gasteiger partial charge in [-0.1, -0.05) is 42.5 Å². The van der Waals surface area contributed by atoms with Crippen LogP contribution in [0.25, 0.3) is 10.9 Å². The average molecular weight is 372 g/mol. The van der Waals surface area contributed by atoms with Crippen molar-refractivity contribution in [3.05, 3.63) is 88.5 Å². The van der Waals surface area contributed by atoms with Gasteiger partial charge in [0, 0.05) is 18.3 Å². The van der Waals surface area contributed by atoms with Crippen LogP contribution >= 0.6 is 0 Å². The molecule has 7 heteroatoms. The number of aromatic nitrogens is 4. The van der Waals surface area contributed by atoms with E-state index in [4.69, 9.17) is 0 Å². The smallest absolute Gasteiger partial charge is 0.262 e. The van der Waals surface area contributed by atoms with Crippen molar-refractivity contribution in [2.45, 2.75) is 20.0 Å². The highest BCUT2D eigenvalue weighted by molar-refractivity contribution is 5.80. The van der Waals surface area contributed by atoms with E-state index in [-0.39, 0.29) is 5.56 Å². The third kappa shape index (κ3) is 3.68. The number of hydrogen-bond donors (Lipinski definition) is 1. The van der Waals surface area contributed by atoms with Gasteiger partial charge in [0.05, 0.1) is 29.9 Å². The molecule has 0 spiro atoms. The SMILES string of the molecule is CCn1c(N/N=C\c2cnn(Cc3ccccc3)c2)nc2ccccc2c1=O. The molecule has 4 aromatic rings. The molecule has 0 saturated carbocycles. The molecular weight excluding hydrogens is 352 g/mol. The van der Waals surface area contributed by atoms with Crippen LogP contribution in [0, 0.1) is 0 Å². The van der Waals surface area contributed by atoms with Gasteiger partial charge in [-0.3, -0.25) is 14.0 Å². The van der Waals surface area contributed by atoms with Crippen LogP contribution < -0.4 is 11.0 Å². The monoisotopic (exact) mass is 372 g/mol. The van der Waals surface area contributed by atoms with Gasteiger partial charge in [0.15, 0.2) is 0 Å². The predicted octanol–water partition coefficient (Wildman–Crippen LogP) is 3.11. The van der Waals surface area contributed by atoms with E-state index in [1.165, 1.54) is 5.56 Å². The summed E-state index contributed by atoms with van der Waals surface area (Å²) in [6, 6.07) is 17.4. The Morgan fingerprint density at radius 2 is 1.89 bits per heavy atom. The molecule has 7 nitrogen and oxygen atoms in total. The molecule has 0 aliphatic carbocycles. The Morgan fingerprint density at radius 1 is 1.11 bits per heavy atom. The summed E-state index contributed by atoms with van der Waals surface area (Å²) in [6.07, 6.45) is 5.32. The Labute approximate surface area is 162 Å². The van der Waals surface area contributed by atoms with Gasteiger partial charge in [-0.2, -0.15) is 10.2 Å². The minimum absolute atomic E-state index is 0.0820. The van der Waals surface area contributed by atoms with Crippen LogP contribution in [0.3, 0.4) is 0 Å². The number of nitrogens with zero attached hydrogens (tertiary/aromatic N) is 5. The van der Waals surface area contributed by atoms with E-state index in [1.54, 1.807) is 23.0 Å². The second kappa shape index (κ2) is 7.87. The third-order valence-corrected chi connectivity index (χ3v) is 4.40. The lowest BCUT2D eigenvalue weighted by atomic mass is 10.2. The van der Waals surface area contributed by atoms with Crippen LogP contribution in [0.5, 0.6) is 0 Å². The lowest BCUT2D eigenvalue weighted by Gasteiger charge is -2.10. The normalized spacial score (nSPS) is 11.3. The molecule has 0 amide bonds. The first-order chi connectivity index (χ1) is 13.7. The van der Waals surface area contributed by atoms with Crippen molar-refractivity contribution in [3.8, 4) is 0 Å². The molecule has 2 heterocycles. The Balaban J connectivity index is 1.52. The fraction of sp³-hybridized carbons (Fsp3) is 0.143. The number of nitrogens with one attached hydrogen (secondary N) is 1. The predicted molar refractivity (Wildman–Crippen MR) is 111 cm³/mol. The summed E-state index contributed by atoms with van der Waals surface area (Å²) in [5.74, 6) is 0.416. The molecule has 0 fully saturated rings. The third-order valence-electron chi connectivity index (χ3n) is 4.40. The lowest BCUT2D eigenvalue weighted by molar-refractivity contribution is 0.687. The van der Waals surface area contributed by atoms with Crippen LogP contribution in [-0.2, 0) is 13.1 Å². The lowest BCUT2D eigenvalue weighted by Crippen LogP contribution is -2.23. The van der Waals surface area contributed by atoms with Crippen molar-refractivity contribution in [1.29, 1.82) is 0 Å². The highest BCUT2D eigenvalue weighted by Crippen LogP contribution is 2.11. The van der Waals surface area contributed by atoms with Gasteiger partial charge in [-0.15, -0.1) is 0 Å². The first-order valence-electron chi connectivity index (χ1n) is 9.09. The summed E-state index contributed by atoms with van der Waals surface area (Å²) in [4.78, 5) is 17.1. The Bertz CT molecular complexity index is 1180. The first kappa shape index (κ1) is 17.7. The average Bonchev–Trinajstić information content (AvgIpc) is 3.16. The topological polar surface area (TPSA) is 77.1 Å². The van der Waals surface area contributed by atoms with Crippen LogP contribution in [0.15, 0.2) is 76.9 Å². The molecule has 1 N–H and O–H groups in total. The van der Waals surface area contributed by atoms with Crippen molar-refractivity contribution in [2.75, 3.05) is 5.43 Å². The maximum Gasteiger partial charge on any atom is 0.262 e. The van der Waals surface area contributed by atoms with E-state index in [2.05, 4.69) is 32.7 Å². The summed E-state index contributed by atoms with van der Waals surface area (Å²) < 4.78 is 3.42. The zero-order valence-corrected chi connectivity index (χ0v) is 15.5. The second-order valence-corrected chi connectivity index (χ2v) is 6.33. The Hall–Kier alpha value is -3.74. The van der Waals surface area contributed by atoms with Gasteiger partial charge < -0.3 is 0 Å². The summed E-state index contributed by atoms with van der Waals surface area (Å²) in [5, 5.41) is 9.19. The van der Waals surface area contributed by atoms with E-state index in [0.29, 0.717) is 29.9 Å². The minimum Gasteiger partial charge on any atom is -0.277 e. The number of fused-ring (bicyclic) bond motifs is 1. The zero-order valence-electron chi connectivity index (χ0n) is 15.5. The second-order valence-electron chi connectivity index (χ2n) is 6.33. The van der Waals surface area contributed by atoms with E-state index < -0.39 is 0 Å². The number of para-hydroxylation sites is 1. The van der Waals surface area contributed by atoms with E-state index in [1.807, 2.05) is 54.2 Å². The molecule has 0 saturated heterocycles. The molecule has 0 bridgehead atoms. The number of benzene rings is 2. The molecule has 0 radical (unpaired) electrons. The molecule has 4 rings (SSSR count). The molecule has 0 atom stereocenters. The molecule has 0 unspecified atom stereocenters. The number of hydrogen-bond acceptors (Lipinski definition) is 5. The van der Waals surface area contributed by atoms with Crippen molar-refractivity contribution in [3.63, 3.8) is 0 Å². The van der Waals surface area contributed by atoms with Gasteiger partial charge in [0.25, 0.3) is 5.56 Å². The molecule has 28 heavy (non-hydrogen) atoms. The zero-order chi connectivity index (χ0) is 19.3. The van der Waals surface area contributed by atoms with Crippen molar-refractivity contribution in [2.24, 2.45) is 5.10 Å². The summed E-state index contributed by atoms with van der Waals surface area (Å²) in [5.41, 5.74) is 5.49. The molecule has 0 aliphatic heterocycles. The molecule has 2 aromatic carbocycles. The van der Waals surface area contributed by atoms with Crippen LogP contribution in [-0.4, -0.2) is 25.5 Å². The van der Waals surface area contributed by atoms with Gasteiger partial charge >= 0.3 is 0 Å². The maximum absolute atomic E-state index is 12.6. The Morgan fingerprint density at radius 3 is 2.71 bits per heavy atom. The van der Waals surface area contributed by atoms with E-state index >= 15 is 0 Å². The van der Waals surface area contributed by atoms with E-state index in [0.717, 1.165) is 5.56 Å². The van der Waals surface area contributed by atoms with Crippen LogP contribution in [0.4, 0.5) is 5.95 Å². The van der Waals surface area contributed by atoms with Gasteiger partial charge in [0.2, 0.25) is 5.95 Å². The highest BCUT2D eigenvalue weighted by Gasteiger charge is 2.08. The van der Waals surface area contributed by atoms with Gasteiger partial charge in [-0.25, -0.2) is 10.4 Å².